The van der Waals surface area contributed by atoms with Crippen molar-refractivity contribution in [2.24, 2.45) is 0 Å². The Morgan fingerprint density at radius 2 is 2.09 bits per heavy atom. The van der Waals surface area contributed by atoms with E-state index < -0.39 is 0 Å². The van der Waals surface area contributed by atoms with E-state index in [0.29, 0.717) is 22.1 Å². The molecule has 1 aromatic carbocycles. The lowest BCUT2D eigenvalue weighted by atomic mass is 10.2. The van der Waals surface area contributed by atoms with Gasteiger partial charge in [0.25, 0.3) is 0 Å². The van der Waals surface area contributed by atoms with Gasteiger partial charge >= 0.3 is 0 Å². The number of anilines is 2. The number of nitrogen functional groups attached to an aromatic ring is 1. The predicted molar refractivity (Wildman–Crippen MR) is 87.6 cm³/mol. The van der Waals surface area contributed by atoms with Gasteiger partial charge in [0, 0.05) is 16.4 Å². The molecule has 2 aromatic rings. The molecule has 5 nitrogen and oxygen atoms in total. The van der Waals surface area contributed by atoms with E-state index in [-0.39, 0.29) is 12.5 Å². The molecule has 0 saturated carbocycles. The molecular weight excluding hydrogens is 300 g/mol. The van der Waals surface area contributed by atoms with Gasteiger partial charge in [0.15, 0.2) is 0 Å². The number of halogens is 1. The highest BCUT2D eigenvalue weighted by atomic mass is 35.5. The summed E-state index contributed by atoms with van der Waals surface area (Å²) in [5.41, 5.74) is 8.36. The van der Waals surface area contributed by atoms with Crippen LogP contribution in [0.4, 0.5) is 11.4 Å². The maximum absolute atomic E-state index is 12.2. The van der Waals surface area contributed by atoms with Crippen LogP contribution in [0.25, 0.3) is 0 Å². The zero-order valence-corrected chi connectivity index (χ0v) is 13.0. The van der Waals surface area contributed by atoms with Gasteiger partial charge in [0.1, 0.15) is 18.3 Å². The number of benzene rings is 1. The number of nitrogens with two attached hydrogens (primary N) is 1. The van der Waals surface area contributed by atoms with Crippen LogP contribution < -0.4 is 11.1 Å². The predicted octanol–water partition coefficient (Wildman–Crippen LogP) is 3.19. The molecule has 22 heavy (non-hydrogen) atoms. The molecule has 2 rings (SSSR count). The second-order valence-corrected chi connectivity index (χ2v) is 5.37. The molecule has 1 amide bonds. The smallest absolute Gasteiger partial charge is 0.244 e. The highest BCUT2D eigenvalue weighted by molar-refractivity contribution is 6.30. The highest BCUT2D eigenvalue weighted by Gasteiger charge is 2.15. The van der Waals surface area contributed by atoms with E-state index in [1.54, 1.807) is 34.9 Å². The van der Waals surface area contributed by atoms with Crippen molar-refractivity contribution in [1.82, 2.24) is 4.57 Å². The van der Waals surface area contributed by atoms with Crippen molar-refractivity contribution in [2.75, 3.05) is 11.1 Å². The van der Waals surface area contributed by atoms with Gasteiger partial charge < -0.3 is 15.6 Å². The highest BCUT2D eigenvalue weighted by Crippen LogP contribution is 2.20. The van der Waals surface area contributed by atoms with Crippen LogP contribution in [0.15, 0.2) is 30.3 Å². The quantitative estimate of drug-likeness (QED) is 0.888. The first kappa shape index (κ1) is 15.9. The van der Waals surface area contributed by atoms with Crippen LogP contribution in [0.3, 0.4) is 0 Å². The molecule has 114 valence electrons. The van der Waals surface area contributed by atoms with Crippen molar-refractivity contribution in [3.8, 4) is 6.07 Å². The van der Waals surface area contributed by atoms with Gasteiger partial charge in [-0.1, -0.05) is 24.9 Å². The Kier molecular flexibility index (Phi) is 5.08. The summed E-state index contributed by atoms with van der Waals surface area (Å²) >= 11 is 5.81. The maximum atomic E-state index is 12.2. The Labute approximate surface area is 134 Å². The minimum absolute atomic E-state index is 0.0536. The van der Waals surface area contributed by atoms with Gasteiger partial charge in [-0.2, -0.15) is 5.26 Å². The topological polar surface area (TPSA) is 83.8 Å². The summed E-state index contributed by atoms with van der Waals surface area (Å²) in [5, 5.41) is 12.6. The van der Waals surface area contributed by atoms with E-state index >= 15 is 0 Å². The Morgan fingerprint density at radius 1 is 1.41 bits per heavy atom. The van der Waals surface area contributed by atoms with E-state index in [1.165, 1.54) is 0 Å². The van der Waals surface area contributed by atoms with Crippen molar-refractivity contribution in [2.45, 2.75) is 26.3 Å². The molecule has 0 fully saturated rings. The molecule has 0 bridgehead atoms. The van der Waals surface area contributed by atoms with Crippen LogP contribution >= 0.6 is 11.6 Å². The van der Waals surface area contributed by atoms with E-state index in [9.17, 15) is 10.1 Å². The molecule has 1 aromatic heterocycles. The number of aromatic nitrogens is 1. The van der Waals surface area contributed by atoms with Crippen molar-refractivity contribution in [3.05, 3.63) is 46.7 Å². The second-order valence-electron chi connectivity index (χ2n) is 4.93. The third kappa shape index (κ3) is 3.60. The van der Waals surface area contributed by atoms with Crippen molar-refractivity contribution < 1.29 is 4.79 Å². The Bertz CT molecular complexity index is 713. The van der Waals surface area contributed by atoms with Crippen LogP contribution in [-0.4, -0.2) is 10.5 Å². The Balaban J connectivity index is 2.17. The summed E-state index contributed by atoms with van der Waals surface area (Å²) in [4.78, 5) is 12.2. The normalized spacial score (nSPS) is 10.2. The van der Waals surface area contributed by atoms with Gasteiger partial charge in [-0.05, 0) is 36.8 Å². The molecule has 0 saturated heterocycles. The van der Waals surface area contributed by atoms with Crippen molar-refractivity contribution >= 4 is 28.9 Å². The lowest BCUT2D eigenvalue weighted by Crippen LogP contribution is -2.21. The monoisotopic (exact) mass is 316 g/mol. The molecule has 0 aliphatic carbocycles. The summed E-state index contributed by atoms with van der Waals surface area (Å²) in [6.07, 6.45) is 1.61. The molecule has 0 aliphatic heterocycles. The fourth-order valence-corrected chi connectivity index (χ4v) is 2.40. The second kappa shape index (κ2) is 7.01. The first-order valence-electron chi connectivity index (χ1n) is 6.98. The van der Waals surface area contributed by atoms with E-state index in [4.69, 9.17) is 17.3 Å². The van der Waals surface area contributed by atoms with Gasteiger partial charge in [0.2, 0.25) is 5.91 Å². The van der Waals surface area contributed by atoms with Gasteiger partial charge in [-0.3, -0.25) is 4.79 Å². The van der Waals surface area contributed by atoms with Gasteiger partial charge in [-0.15, -0.1) is 0 Å². The summed E-state index contributed by atoms with van der Waals surface area (Å²) in [7, 11) is 0. The Hall–Kier alpha value is -2.45. The number of nitrogens with zero attached hydrogens (tertiary/aromatic N) is 2. The number of hydrogen-bond donors (Lipinski definition) is 2. The van der Waals surface area contributed by atoms with E-state index in [2.05, 4.69) is 11.4 Å². The molecule has 1 heterocycles. The fraction of sp³-hybridized carbons (Fsp3) is 0.250. The average Bonchev–Trinajstić information content (AvgIpc) is 2.78. The van der Waals surface area contributed by atoms with Crippen LogP contribution in [0.1, 0.15) is 24.7 Å². The molecule has 3 N–H and O–H groups in total. The first-order chi connectivity index (χ1) is 10.5. The maximum Gasteiger partial charge on any atom is 0.244 e. The third-order valence-electron chi connectivity index (χ3n) is 3.27. The average molecular weight is 317 g/mol. The van der Waals surface area contributed by atoms with Gasteiger partial charge in [0.05, 0.1) is 5.69 Å². The molecule has 0 atom stereocenters. The van der Waals surface area contributed by atoms with Crippen LogP contribution in [0.2, 0.25) is 5.02 Å². The van der Waals surface area contributed by atoms with Crippen LogP contribution in [0, 0.1) is 11.3 Å². The fourth-order valence-electron chi connectivity index (χ4n) is 2.28. The molecule has 0 aliphatic rings. The van der Waals surface area contributed by atoms with Crippen LogP contribution in [-0.2, 0) is 17.8 Å². The lowest BCUT2D eigenvalue weighted by Gasteiger charge is -2.11. The van der Waals surface area contributed by atoms with Gasteiger partial charge in [-0.25, -0.2) is 0 Å². The van der Waals surface area contributed by atoms with E-state index in [1.807, 2.05) is 6.92 Å². The summed E-state index contributed by atoms with van der Waals surface area (Å²) in [5.74, 6) is -0.216. The number of amides is 1. The molecule has 6 heteroatoms. The largest absolute Gasteiger partial charge is 0.397 e. The first-order valence-corrected chi connectivity index (χ1v) is 7.36. The van der Waals surface area contributed by atoms with E-state index in [0.717, 1.165) is 18.5 Å². The minimum Gasteiger partial charge on any atom is -0.397 e. The lowest BCUT2D eigenvalue weighted by molar-refractivity contribution is -0.116. The summed E-state index contributed by atoms with van der Waals surface area (Å²) < 4.78 is 1.67. The standard InChI is InChI=1S/C16H17ClN4O/c1-2-3-15-14(19)8-13(9-18)21(15)10-16(22)20-12-6-4-11(17)5-7-12/h4-8H,2-3,10,19H2,1H3,(H,20,22). The number of rotatable bonds is 5. The summed E-state index contributed by atoms with van der Waals surface area (Å²) in [6, 6.07) is 10.5. The number of hydrogen-bond acceptors (Lipinski definition) is 3. The molecular formula is C16H17ClN4O. The number of carbonyl (C=O) groups is 1. The zero-order valence-electron chi connectivity index (χ0n) is 12.3. The van der Waals surface area contributed by atoms with Crippen LogP contribution in [0.5, 0.6) is 0 Å². The molecule has 0 radical (unpaired) electrons. The van der Waals surface area contributed by atoms with Crippen molar-refractivity contribution in [1.29, 1.82) is 5.26 Å². The Morgan fingerprint density at radius 3 is 2.68 bits per heavy atom. The molecule has 0 spiro atoms. The molecule has 0 unspecified atom stereocenters. The number of carbonyl (C=O) groups excluding carboxylic acids is 1. The SMILES string of the molecule is CCCc1c(N)cc(C#N)n1CC(=O)Nc1ccc(Cl)cc1. The summed E-state index contributed by atoms with van der Waals surface area (Å²) in [6.45, 7) is 2.08. The third-order valence-corrected chi connectivity index (χ3v) is 3.53. The number of nitriles is 1. The number of nitrogens with one attached hydrogen (secondary N) is 1. The van der Waals surface area contributed by atoms with Crippen molar-refractivity contribution in [3.63, 3.8) is 0 Å². The zero-order chi connectivity index (χ0) is 16.1. The minimum atomic E-state index is -0.216.